The highest BCUT2D eigenvalue weighted by atomic mass is 16.5. The Morgan fingerprint density at radius 3 is 2.36 bits per heavy atom. The van der Waals surface area contributed by atoms with Gasteiger partial charge in [-0.15, -0.1) is 0 Å². The molecule has 2 aromatic heterocycles. The van der Waals surface area contributed by atoms with Gasteiger partial charge in [-0.2, -0.15) is 0 Å². The molecule has 5 heteroatoms. The fraction of sp³-hybridized carbons (Fsp3) is 0.478. The monoisotopic (exact) mass is 374 g/mol. The van der Waals surface area contributed by atoms with Gasteiger partial charge in [-0.1, -0.05) is 24.3 Å². The van der Waals surface area contributed by atoms with Crippen LogP contribution in [0.5, 0.6) is 0 Å². The van der Waals surface area contributed by atoms with E-state index in [1.807, 2.05) is 12.5 Å². The average Bonchev–Trinajstić information content (AvgIpc) is 3.46. The van der Waals surface area contributed by atoms with Crippen LogP contribution in [0, 0.1) is 0 Å². The zero-order valence-electron chi connectivity index (χ0n) is 16.1. The molecule has 0 unspecified atom stereocenters. The number of likely N-dealkylation sites (tertiary alicyclic amines) is 1. The second-order valence-corrected chi connectivity index (χ2v) is 8.56. The molecule has 5 nitrogen and oxygen atoms in total. The van der Waals surface area contributed by atoms with Crippen LogP contribution < -0.4 is 0 Å². The Kier molecular flexibility index (Phi) is 3.98. The van der Waals surface area contributed by atoms with Crippen LogP contribution in [0.3, 0.4) is 0 Å². The molecule has 2 aliphatic heterocycles. The summed E-state index contributed by atoms with van der Waals surface area (Å²) in [6.07, 6.45) is 8.99. The van der Waals surface area contributed by atoms with Gasteiger partial charge in [0.1, 0.15) is 0 Å². The molecule has 1 aliphatic carbocycles. The van der Waals surface area contributed by atoms with E-state index in [2.05, 4.69) is 44.8 Å². The summed E-state index contributed by atoms with van der Waals surface area (Å²) in [4.78, 5) is 11.9. The predicted molar refractivity (Wildman–Crippen MR) is 109 cm³/mol. The van der Waals surface area contributed by atoms with Crippen LogP contribution in [-0.4, -0.2) is 51.8 Å². The van der Waals surface area contributed by atoms with E-state index >= 15 is 0 Å². The Hall–Kier alpha value is -2.24. The highest BCUT2D eigenvalue weighted by Gasteiger charge is 2.30. The van der Waals surface area contributed by atoms with Crippen LogP contribution in [0.25, 0.3) is 22.3 Å². The molecule has 3 aliphatic rings. The quantitative estimate of drug-likeness (QED) is 0.692. The zero-order valence-corrected chi connectivity index (χ0v) is 16.1. The summed E-state index contributed by atoms with van der Waals surface area (Å²) in [7, 11) is 0. The van der Waals surface area contributed by atoms with Crippen molar-refractivity contribution in [2.45, 2.75) is 43.7 Å². The van der Waals surface area contributed by atoms with Crippen LogP contribution in [0.15, 0.2) is 42.9 Å². The van der Waals surface area contributed by atoms with Gasteiger partial charge in [0, 0.05) is 11.6 Å². The first-order valence-electron chi connectivity index (χ1n) is 10.6. The first kappa shape index (κ1) is 16.7. The highest BCUT2D eigenvalue weighted by molar-refractivity contribution is 5.79. The maximum Gasteiger partial charge on any atom is 0.0961 e. The smallest absolute Gasteiger partial charge is 0.0961 e. The molecule has 144 valence electrons. The lowest BCUT2D eigenvalue weighted by Gasteiger charge is -2.41. The molecule has 0 spiro atoms. The lowest BCUT2D eigenvalue weighted by atomic mass is 9.88. The number of hydrogen-bond acceptors (Lipinski definition) is 4. The van der Waals surface area contributed by atoms with Crippen molar-refractivity contribution in [1.82, 2.24) is 19.4 Å². The number of imidazole rings is 1. The molecule has 4 heterocycles. The standard InChI is InChI=1S/C23H26N4O/c1-3-18(21-11-22-23(12-24-21)27(15-25-22)19-5-6-19)4-2-16(1)17-7-9-26(10-8-17)20-13-28-14-20/h1-4,11-12,15,17,19-20H,5-10,13-14H2. The third-order valence-corrected chi connectivity index (χ3v) is 6.75. The van der Waals surface area contributed by atoms with E-state index in [-0.39, 0.29) is 0 Å². The maximum absolute atomic E-state index is 5.34. The van der Waals surface area contributed by atoms with Crippen molar-refractivity contribution < 1.29 is 4.74 Å². The minimum absolute atomic E-state index is 0.639. The number of aromatic nitrogens is 3. The highest BCUT2D eigenvalue weighted by Crippen LogP contribution is 2.37. The van der Waals surface area contributed by atoms with Gasteiger partial charge < -0.3 is 9.30 Å². The molecular formula is C23H26N4O. The second-order valence-electron chi connectivity index (χ2n) is 8.56. The molecule has 0 atom stereocenters. The Bertz CT molecular complexity index is 980. The minimum Gasteiger partial charge on any atom is -0.378 e. The largest absolute Gasteiger partial charge is 0.378 e. The summed E-state index contributed by atoms with van der Waals surface area (Å²) in [5.74, 6) is 0.677. The van der Waals surface area contributed by atoms with Crippen molar-refractivity contribution in [1.29, 1.82) is 0 Å². The topological polar surface area (TPSA) is 43.2 Å². The summed E-state index contributed by atoms with van der Waals surface area (Å²) in [5, 5.41) is 0. The van der Waals surface area contributed by atoms with Crippen molar-refractivity contribution in [3.05, 3.63) is 48.4 Å². The molecule has 2 saturated heterocycles. The molecule has 28 heavy (non-hydrogen) atoms. The number of nitrogens with zero attached hydrogens (tertiary/aromatic N) is 4. The van der Waals surface area contributed by atoms with Crippen LogP contribution in [0.4, 0.5) is 0 Å². The first-order chi connectivity index (χ1) is 13.8. The summed E-state index contributed by atoms with van der Waals surface area (Å²) in [6, 6.07) is 12.5. The lowest BCUT2D eigenvalue weighted by molar-refractivity contribution is -0.0712. The summed E-state index contributed by atoms with van der Waals surface area (Å²) in [5.41, 5.74) is 5.86. The van der Waals surface area contributed by atoms with Gasteiger partial charge in [0.15, 0.2) is 0 Å². The Morgan fingerprint density at radius 1 is 0.893 bits per heavy atom. The van der Waals surface area contributed by atoms with Crippen molar-refractivity contribution in [2.24, 2.45) is 0 Å². The SMILES string of the molecule is c1cc(C2CCN(C3COC3)CC2)ccc1-c1cc2ncn(C3CC3)c2cn1. The number of pyridine rings is 1. The fourth-order valence-electron chi connectivity index (χ4n) is 4.69. The third-order valence-electron chi connectivity index (χ3n) is 6.75. The van der Waals surface area contributed by atoms with E-state index in [1.54, 1.807) is 0 Å². The van der Waals surface area contributed by atoms with Gasteiger partial charge in [0.05, 0.1) is 48.5 Å². The molecular weight excluding hydrogens is 348 g/mol. The Balaban J connectivity index is 1.18. The number of fused-ring (bicyclic) bond motifs is 1. The molecule has 1 aromatic carbocycles. The molecule has 0 amide bonds. The minimum atomic E-state index is 0.639. The number of piperidine rings is 1. The second kappa shape index (κ2) is 6.68. The molecule has 3 aromatic rings. The van der Waals surface area contributed by atoms with Crippen molar-refractivity contribution in [3.63, 3.8) is 0 Å². The summed E-state index contributed by atoms with van der Waals surface area (Å²) < 4.78 is 7.62. The van der Waals surface area contributed by atoms with Gasteiger partial charge in [0.2, 0.25) is 0 Å². The summed E-state index contributed by atoms with van der Waals surface area (Å²) in [6.45, 7) is 4.25. The van der Waals surface area contributed by atoms with E-state index < -0.39 is 0 Å². The maximum atomic E-state index is 5.34. The number of hydrogen-bond donors (Lipinski definition) is 0. The normalized spacial score (nSPS) is 21.9. The van der Waals surface area contributed by atoms with E-state index in [9.17, 15) is 0 Å². The number of rotatable bonds is 4. The zero-order chi connectivity index (χ0) is 18.5. The third kappa shape index (κ3) is 2.93. The Morgan fingerprint density at radius 2 is 1.68 bits per heavy atom. The van der Waals surface area contributed by atoms with Crippen molar-refractivity contribution in [2.75, 3.05) is 26.3 Å². The van der Waals surface area contributed by atoms with Gasteiger partial charge in [-0.3, -0.25) is 9.88 Å². The van der Waals surface area contributed by atoms with Crippen LogP contribution in [-0.2, 0) is 4.74 Å². The molecule has 6 rings (SSSR count). The molecule has 1 saturated carbocycles. The fourth-order valence-corrected chi connectivity index (χ4v) is 4.69. The lowest BCUT2D eigenvalue weighted by Crippen LogP contribution is -2.51. The van der Waals surface area contributed by atoms with E-state index in [0.29, 0.717) is 18.0 Å². The van der Waals surface area contributed by atoms with Crippen molar-refractivity contribution >= 4 is 11.0 Å². The number of benzene rings is 1. The van der Waals surface area contributed by atoms with E-state index in [1.165, 1.54) is 49.9 Å². The van der Waals surface area contributed by atoms with Crippen molar-refractivity contribution in [3.8, 4) is 11.3 Å². The van der Waals surface area contributed by atoms with Gasteiger partial charge in [-0.25, -0.2) is 4.98 Å². The molecule has 0 radical (unpaired) electrons. The van der Waals surface area contributed by atoms with Gasteiger partial charge >= 0.3 is 0 Å². The number of ether oxygens (including phenoxy) is 1. The molecule has 0 bridgehead atoms. The van der Waals surface area contributed by atoms with E-state index in [0.717, 1.165) is 29.9 Å². The first-order valence-corrected chi connectivity index (χ1v) is 10.6. The average molecular weight is 374 g/mol. The van der Waals surface area contributed by atoms with Crippen LogP contribution in [0.2, 0.25) is 0 Å². The molecule has 3 fully saturated rings. The summed E-state index contributed by atoms with van der Waals surface area (Å²) >= 11 is 0. The van der Waals surface area contributed by atoms with E-state index in [4.69, 9.17) is 9.72 Å². The van der Waals surface area contributed by atoms with Gasteiger partial charge in [-0.05, 0) is 56.3 Å². The Labute approximate surface area is 165 Å². The predicted octanol–water partition coefficient (Wildman–Crippen LogP) is 4.01. The van der Waals surface area contributed by atoms with Crippen LogP contribution >= 0.6 is 0 Å². The molecule has 0 N–H and O–H groups in total. The van der Waals surface area contributed by atoms with Gasteiger partial charge in [0.25, 0.3) is 0 Å². The van der Waals surface area contributed by atoms with Crippen LogP contribution in [0.1, 0.15) is 43.2 Å².